The highest BCUT2D eigenvalue weighted by Gasteiger charge is 2.19. The van der Waals surface area contributed by atoms with Crippen LogP contribution in [-0.2, 0) is 19.6 Å². The Hall–Kier alpha value is -2.87. The van der Waals surface area contributed by atoms with E-state index in [-0.39, 0.29) is 16.1 Å². The molecular weight excluding hydrogens is 356 g/mol. The van der Waals surface area contributed by atoms with Crippen LogP contribution in [0.3, 0.4) is 0 Å². The number of anilines is 1. The van der Waals surface area contributed by atoms with E-state index in [4.69, 9.17) is 4.74 Å². The number of nitrogens with one attached hydrogen (secondary N) is 2. The average Bonchev–Trinajstić information content (AvgIpc) is 2.62. The monoisotopic (exact) mass is 376 g/mol. The first-order valence-electron chi connectivity index (χ1n) is 8.00. The largest absolute Gasteiger partial charge is 0.449 e. The average molecular weight is 376 g/mol. The van der Waals surface area contributed by atoms with Gasteiger partial charge in [-0.2, -0.15) is 0 Å². The molecule has 0 fully saturated rings. The van der Waals surface area contributed by atoms with Gasteiger partial charge in [-0.25, -0.2) is 13.2 Å². The van der Waals surface area contributed by atoms with Gasteiger partial charge >= 0.3 is 5.97 Å². The second-order valence-corrected chi connectivity index (χ2v) is 7.12. The maximum Gasteiger partial charge on any atom is 0.338 e. The molecule has 1 amide bonds. The molecule has 0 aliphatic heterocycles. The van der Waals surface area contributed by atoms with E-state index in [9.17, 15) is 18.0 Å². The summed E-state index contributed by atoms with van der Waals surface area (Å²) in [5, 5.41) is 2.55. The van der Waals surface area contributed by atoms with Gasteiger partial charge in [0.15, 0.2) is 6.10 Å². The summed E-state index contributed by atoms with van der Waals surface area (Å²) < 4.78 is 32.2. The van der Waals surface area contributed by atoms with Crippen molar-refractivity contribution in [3.63, 3.8) is 0 Å². The second-order valence-electron chi connectivity index (χ2n) is 5.44. The number of sulfonamides is 1. The number of ether oxygens (including phenoxy) is 1. The predicted molar refractivity (Wildman–Crippen MR) is 97.3 cm³/mol. The van der Waals surface area contributed by atoms with Crippen LogP contribution in [0.4, 0.5) is 5.69 Å². The number of rotatable bonds is 7. The Morgan fingerprint density at radius 2 is 1.77 bits per heavy atom. The van der Waals surface area contributed by atoms with Gasteiger partial charge in [-0.3, -0.25) is 9.52 Å². The fraction of sp³-hybridized carbons (Fsp3) is 0.222. The highest BCUT2D eigenvalue weighted by molar-refractivity contribution is 7.92. The maximum atomic E-state index is 12.3. The number of esters is 1. The van der Waals surface area contributed by atoms with Crippen LogP contribution in [0.15, 0.2) is 59.5 Å². The summed E-state index contributed by atoms with van der Waals surface area (Å²) in [7, 11) is -3.77. The number of carbonyl (C=O) groups excluding carboxylic acids is 2. The summed E-state index contributed by atoms with van der Waals surface area (Å²) in [5.74, 6) is -1.12. The zero-order valence-corrected chi connectivity index (χ0v) is 15.2. The molecule has 8 heteroatoms. The lowest BCUT2D eigenvalue weighted by Gasteiger charge is -2.13. The lowest BCUT2D eigenvalue weighted by molar-refractivity contribution is -0.128. The number of benzene rings is 2. The van der Waals surface area contributed by atoms with Crippen LogP contribution < -0.4 is 10.0 Å². The van der Waals surface area contributed by atoms with E-state index in [0.717, 1.165) is 0 Å². The molecule has 2 aromatic rings. The van der Waals surface area contributed by atoms with Crippen LogP contribution in [0.25, 0.3) is 0 Å². The number of hydrogen-bond acceptors (Lipinski definition) is 5. The minimum atomic E-state index is -3.77. The molecule has 0 saturated carbocycles. The van der Waals surface area contributed by atoms with Crippen molar-refractivity contribution in [1.82, 2.24) is 5.32 Å². The van der Waals surface area contributed by atoms with E-state index in [1.54, 1.807) is 25.1 Å². The summed E-state index contributed by atoms with van der Waals surface area (Å²) in [6.45, 7) is 3.65. The Morgan fingerprint density at radius 3 is 2.42 bits per heavy atom. The van der Waals surface area contributed by atoms with Crippen LogP contribution in [0.2, 0.25) is 0 Å². The summed E-state index contributed by atoms with van der Waals surface area (Å²) >= 11 is 0. The molecule has 0 saturated heterocycles. The molecule has 0 aliphatic carbocycles. The lowest BCUT2D eigenvalue weighted by atomic mass is 10.2. The molecule has 0 heterocycles. The molecular formula is C18H20N2O5S. The molecule has 2 rings (SSSR count). The summed E-state index contributed by atoms with van der Waals surface area (Å²) in [6.07, 6.45) is -0.952. The summed E-state index contributed by atoms with van der Waals surface area (Å²) in [5.41, 5.74) is 0.350. The minimum Gasteiger partial charge on any atom is -0.449 e. The first-order valence-corrected chi connectivity index (χ1v) is 9.48. The molecule has 2 N–H and O–H groups in total. The van der Waals surface area contributed by atoms with Crippen molar-refractivity contribution in [3.05, 3.63) is 60.2 Å². The molecule has 0 spiro atoms. The van der Waals surface area contributed by atoms with Gasteiger partial charge in [-0.05, 0) is 44.2 Å². The van der Waals surface area contributed by atoms with Crippen molar-refractivity contribution in [1.29, 1.82) is 0 Å². The van der Waals surface area contributed by atoms with Gasteiger partial charge < -0.3 is 10.1 Å². The van der Waals surface area contributed by atoms with Crippen LogP contribution in [0.1, 0.15) is 24.2 Å². The third-order valence-electron chi connectivity index (χ3n) is 3.41. The van der Waals surface area contributed by atoms with Crippen molar-refractivity contribution < 1.29 is 22.7 Å². The quantitative estimate of drug-likeness (QED) is 0.721. The number of amides is 1. The van der Waals surface area contributed by atoms with Gasteiger partial charge in [0.2, 0.25) is 0 Å². The first kappa shape index (κ1) is 19.5. The Labute approximate surface area is 152 Å². The van der Waals surface area contributed by atoms with Crippen molar-refractivity contribution >= 4 is 27.6 Å². The van der Waals surface area contributed by atoms with Crippen molar-refractivity contribution in [2.75, 3.05) is 11.3 Å². The number of carbonyl (C=O) groups is 2. The van der Waals surface area contributed by atoms with Gasteiger partial charge in [0, 0.05) is 12.2 Å². The zero-order chi connectivity index (χ0) is 19.2. The fourth-order valence-corrected chi connectivity index (χ4v) is 3.19. The smallest absolute Gasteiger partial charge is 0.338 e. The van der Waals surface area contributed by atoms with E-state index >= 15 is 0 Å². The van der Waals surface area contributed by atoms with Crippen molar-refractivity contribution in [3.8, 4) is 0 Å². The van der Waals surface area contributed by atoms with Crippen LogP contribution in [0, 0.1) is 0 Å². The Kier molecular flexibility index (Phi) is 6.35. The second kappa shape index (κ2) is 8.48. The van der Waals surface area contributed by atoms with E-state index in [0.29, 0.717) is 6.54 Å². The Balaban J connectivity index is 2.13. The predicted octanol–water partition coefficient (Wildman–Crippen LogP) is 2.17. The van der Waals surface area contributed by atoms with Gasteiger partial charge in [-0.1, -0.05) is 24.3 Å². The third-order valence-corrected chi connectivity index (χ3v) is 4.81. The molecule has 2 aromatic carbocycles. The molecule has 1 atom stereocenters. The summed E-state index contributed by atoms with van der Waals surface area (Å²) in [6, 6.07) is 13.8. The van der Waals surface area contributed by atoms with E-state index < -0.39 is 28.0 Å². The lowest BCUT2D eigenvalue weighted by Crippen LogP contribution is -2.35. The highest BCUT2D eigenvalue weighted by Crippen LogP contribution is 2.18. The Bertz CT molecular complexity index is 881. The number of likely N-dealkylation sites (N-methyl/N-ethyl adjacent to an activating group) is 1. The fourth-order valence-electron chi connectivity index (χ4n) is 2.12. The third kappa shape index (κ3) is 5.06. The minimum absolute atomic E-state index is 0.109. The topological polar surface area (TPSA) is 102 Å². The van der Waals surface area contributed by atoms with Crippen molar-refractivity contribution in [2.45, 2.75) is 24.8 Å². The molecule has 0 bridgehead atoms. The van der Waals surface area contributed by atoms with E-state index in [1.807, 2.05) is 0 Å². The molecule has 0 unspecified atom stereocenters. The van der Waals surface area contributed by atoms with Gasteiger partial charge in [0.1, 0.15) is 0 Å². The zero-order valence-electron chi connectivity index (χ0n) is 14.4. The molecule has 0 aliphatic rings. The SMILES string of the molecule is CCNC(=O)[C@H](C)OC(=O)c1cccc(NS(=O)(=O)c2ccccc2)c1. The maximum absolute atomic E-state index is 12.3. The molecule has 138 valence electrons. The molecule has 0 radical (unpaired) electrons. The number of hydrogen-bond donors (Lipinski definition) is 2. The first-order chi connectivity index (χ1) is 12.3. The van der Waals surface area contributed by atoms with Gasteiger partial charge in [-0.15, -0.1) is 0 Å². The molecule has 7 nitrogen and oxygen atoms in total. The van der Waals surface area contributed by atoms with Gasteiger partial charge in [0.25, 0.3) is 15.9 Å². The molecule has 0 aromatic heterocycles. The van der Waals surface area contributed by atoms with Crippen LogP contribution in [0.5, 0.6) is 0 Å². The Morgan fingerprint density at radius 1 is 1.08 bits per heavy atom. The van der Waals surface area contributed by atoms with Crippen LogP contribution >= 0.6 is 0 Å². The van der Waals surface area contributed by atoms with Crippen LogP contribution in [-0.4, -0.2) is 32.9 Å². The van der Waals surface area contributed by atoms with E-state index in [2.05, 4.69) is 10.0 Å². The van der Waals surface area contributed by atoms with E-state index in [1.165, 1.54) is 43.3 Å². The normalized spacial score (nSPS) is 12.1. The molecule has 26 heavy (non-hydrogen) atoms. The highest BCUT2D eigenvalue weighted by atomic mass is 32.2. The summed E-state index contributed by atoms with van der Waals surface area (Å²) in [4.78, 5) is 23.9. The standard InChI is InChI=1S/C18H20N2O5S/c1-3-19-17(21)13(2)25-18(22)14-8-7-9-15(12-14)20-26(23,24)16-10-5-4-6-11-16/h4-13,20H,3H2,1-2H3,(H,19,21)/t13-/m0/s1. The van der Waals surface area contributed by atoms with Crippen molar-refractivity contribution in [2.24, 2.45) is 0 Å². The van der Waals surface area contributed by atoms with Gasteiger partial charge in [0.05, 0.1) is 10.5 Å².